The van der Waals surface area contributed by atoms with Crippen molar-refractivity contribution >= 4 is 91.2 Å². The number of aliphatic hydroxyl groups is 2. The SMILES string of the molecule is CC(=O)Nc1c(I)c(C(=O)O)c(I)c(C(=O)NCCO)c1I.NCCO. The maximum Gasteiger partial charge on any atom is 0.337 e. The van der Waals surface area contributed by atoms with Crippen molar-refractivity contribution in [2.75, 3.05) is 31.6 Å². The summed E-state index contributed by atoms with van der Waals surface area (Å²) >= 11 is 5.52. The highest BCUT2D eigenvalue weighted by molar-refractivity contribution is 14.1. The van der Waals surface area contributed by atoms with Gasteiger partial charge in [0.1, 0.15) is 0 Å². The van der Waals surface area contributed by atoms with Gasteiger partial charge in [0.15, 0.2) is 0 Å². The smallest absolute Gasteiger partial charge is 0.337 e. The second-order valence-electron chi connectivity index (χ2n) is 4.55. The summed E-state index contributed by atoms with van der Waals surface area (Å²) in [5.41, 5.74) is 5.19. The normalized spacial score (nSPS) is 9.81. The molecule has 0 unspecified atom stereocenters. The van der Waals surface area contributed by atoms with Crippen LogP contribution in [0.1, 0.15) is 27.6 Å². The van der Waals surface area contributed by atoms with Gasteiger partial charge in [0.25, 0.3) is 5.91 Å². The van der Waals surface area contributed by atoms with Crippen LogP contribution in [-0.4, -0.2) is 59.4 Å². The molecule has 0 atom stereocenters. The minimum Gasteiger partial charge on any atom is -0.478 e. The number of halogens is 3. The number of anilines is 1. The molecular formula is C14H18I3N3O6. The standard InChI is InChI=1S/C12H11I3N2O5.C2H7NO/c1-4(19)17-10-8(14)5(11(20)16-2-3-18)7(13)6(9(10)15)12(21)22;3-1-2-4/h18H,2-3H2,1H3,(H,16,20)(H,17,19)(H,21,22);4H,1-3H2. The molecule has 1 aromatic carbocycles. The van der Waals surface area contributed by atoms with Crippen LogP contribution in [0.4, 0.5) is 5.69 Å². The van der Waals surface area contributed by atoms with Crippen molar-refractivity contribution in [2.45, 2.75) is 6.92 Å². The van der Waals surface area contributed by atoms with E-state index in [9.17, 15) is 19.5 Å². The Kier molecular flexibility index (Phi) is 12.8. The lowest BCUT2D eigenvalue weighted by molar-refractivity contribution is -0.114. The van der Waals surface area contributed by atoms with Crippen molar-refractivity contribution in [1.82, 2.24) is 5.32 Å². The van der Waals surface area contributed by atoms with Gasteiger partial charge in [0.05, 0.1) is 37.2 Å². The minimum absolute atomic E-state index is 0.0421. The molecular weight excluding hydrogens is 687 g/mol. The fraction of sp³-hybridized carbons (Fsp3) is 0.357. The molecule has 0 aliphatic carbocycles. The van der Waals surface area contributed by atoms with E-state index >= 15 is 0 Å². The van der Waals surface area contributed by atoms with Crippen LogP contribution in [0.15, 0.2) is 0 Å². The number of aromatic carboxylic acids is 1. The lowest BCUT2D eigenvalue weighted by Crippen LogP contribution is -2.29. The van der Waals surface area contributed by atoms with Crippen molar-refractivity contribution in [3.05, 3.63) is 21.8 Å². The highest BCUT2D eigenvalue weighted by Crippen LogP contribution is 2.35. The number of carbonyl (C=O) groups is 3. The molecule has 9 nitrogen and oxygen atoms in total. The van der Waals surface area contributed by atoms with E-state index in [1.807, 2.05) is 45.2 Å². The molecule has 26 heavy (non-hydrogen) atoms. The van der Waals surface area contributed by atoms with E-state index in [-0.39, 0.29) is 40.4 Å². The van der Waals surface area contributed by atoms with Crippen LogP contribution >= 0.6 is 67.8 Å². The fourth-order valence-corrected chi connectivity index (χ4v) is 5.98. The van der Waals surface area contributed by atoms with Crippen molar-refractivity contribution < 1.29 is 29.7 Å². The third-order valence-corrected chi connectivity index (χ3v) is 5.82. The number of hydrogen-bond acceptors (Lipinski definition) is 6. The van der Waals surface area contributed by atoms with Crippen LogP contribution in [0.2, 0.25) is 0 Å². The summed E-state index contributed by atoms with van der Waals surface area (Å²) in [6.07, 6.45) is 0. The van der Waals surface area contributed by atoms with E-state index in [1.54, 1.807) is 22.6 Å². The zero-order valence-corrected chi connectivity index (χ0v) is 20.1. The molecule has 0 aromatic heterocycles. The Labute approximate surface area is 190 Å². The molecule has 2 amide bonds. The van der Waals surface area contributed by atoms with Gasteiger partial charge < -0.3 is 31.7 Å². The Morgan fingerprint density at radius 3 is 1.88 bits per heavy atom. The number of nitrogens with one attached hydrogen (secondary N) is 2. The topological polar surface area (TPSA) is 162 Å². The largest absolute Gasteiger partial charge is 0.478 e. The Balaban J connectivity index is 0.00000141. The number of carboxylic acid groups (broad SMARTS) is 1. The molecule has 0 bridgehead atoms. The van der Waals surface area contributed by atoms with Crippen molar-refractivity contribution in [1.29, 1.82) is 0 Å². The van der Waals surface area contributed by atoms with E-state index in [0.717, 1.165) is 0 Å². The summed E-state index contributed by atoms with van der Waals surface area (Å²) in [6.45, 7) is 1.60. The van der Waals surface area contributed by atoms with Crippen LogP contribution in [-0.2, 0) is 4.79 Å². The molecule has 1 aromatic rings. The molecule has 0 aliphatic rings. The number of carbonyl (C=O) groups excluding carboxylic acids is 2. The summed E-state index contributed by atoms with van der Waals surface area (Å²) in [4.78, 5) is 35.0. The summed E-state index contributed by atoms with van der Waals surface area (Å²) in [6, 6.07) is 0. The predicted octanol–water partition coefficient (Wildman–Crippen LogP) is 0.817. The molecule has 0 saturated heterocycles. The van der Waals surface area contributed by atoms with E-state index < -0.39 is 11.9 Å². The van der Waals surface area contributed by atoms with Crippen LogP contribution in [0.25, 0.3) is 0 Å². The van der Waals surface area contributed by atoms with Gasteiger partial charge >= 0.3 is 5.97 Å². The molecule has 0 fully saturated rings. The average molecular weight is 705 g/mol. The van der Waals surface area contributed by atoms with Crippen LogP contribution in [0.5, 0.6) is 0 Å². The summed E-state index contributed by atoms with van der Waals surface area (Å²) in [5, 5.41) is 31.0. The first-order valence-corrected chi connectivity index (χ1v) is 10.3. The Bertz CT molecular complexity index is 683. The van der Waals surface area contributed by atoms with Gasteiger partial charge in [-0.05, 0) is 67.8 Å². The van der Waals surface area contributed by atoms with Crippen LogP contribution < -0.4 is 16.4 Å². The third-order valence-electron chi connectivity index (χ3n) is 2.59. The molecule has 7 N–H and O–H groups in total. The van der Waals surface area contributed by atoms with Crippen molar-refractivity contribution in [3.8, 4) is 0 Å². The summed E-state index contributed by atoms with van der Waals surface area (Å²) in [7, 11) is 0. The van der Waals surface area contributed by atoms with E-state index in [1.165, 1.54) is 6.92 Å². The van der Waals surface area contributed by atoms with Gasteiger partial charge in [-0.25, -0.2) is 4.79 Å². The second kappa shape index (κ2) is 13.0. The van der Waals surface area contributed by atoms with Crippen LogP contribution in [0, 0.1) is 10.7 Å². The van der Waals surface area contributed by atoms with E-state index in [4.69, 9.17) is 15.9 Å². The lowest BCUT2D eigenvalue weighted by atomic mass is 10.1. The summed E-state index contributed by atoms with van der Waals surface area (Å²) < 4.78 is 1.08. The fourth-order valence-electron chi connectivity index (χ4n) is 1.59. The molecule has 0 radical (unpaired) electrons. The van der Waals surface area contributed by atoms with Gasteiger partial charge in [-0.1, -0.05) is 0 Å². The third kappa shape index (κ3) is 7.37. The van der Waals surface area contributed by atoms with Gasteiger partial charge in [-0.15, -0.1) is 0 Å². The first-order chi connectivity index (χ1) is 12.1. The van der Waals surface area contributed by atoms with E-state index in [0.29, 0.717) is 19.4 Å². The van der Waals surface area contributed by atoms with E-state index in [2.05, 4.69) is 10.6 Å². The number of nitrogens with two attached hydrogens (primary N) is 1. The van der Waals surface area contributed by atoms with Gasteiger partial charge in [0, 0.05) is 23.6 Å². The first kappa shape index (κ1) is 25.7. The highest BCUT2D eigenvalue weighted by atomic mass is 127. The molecule has 12 heteroatoms. The average Bonchev–Trinajstić information content (AvgIpc) is 2.56. The lowest BCUT2D eigenvalue weighted by Gasteiger charge is -2.17. The number of amides is 2. The molecule has 146 valence electrons. The zero-order valence-electron chi connectivity index (χ0n) is 13.6. The number of hydrogen-bond donors (Lipinski definition) is 6. The highest BCUT2D eigenvalue weighted by Gasteiger charge is 2.27. The molecule has 0 spiro atoms. The zero-order chi connectivity index (χ0) is 20.4. The minimum atomic E-state index is -1.19. The van der Waals surface area contributed by atoms with Crippen molar-refractivity contribution in [3.63, 3.8) is 0 Å². The first-order valence-electron chi connectivity index (χ1n) is 7.05. The predicted molar refractivity (Wildman–Crippen MR) is 121 cm³/mol. The maximum atomic E-state index is 12.2. The number of aliphatic hydroxyl groups excluding tert-OH is 2. The number of benzene rings is 1. The summed E-state index contributed by atoms with van der Waals surface area (Å²) in [5.74, 6) is -2.06. The van der Waals surface area contributed by atoms with Crippen molar-refractivity contribution in [2.24, 2.45) is 5.73 Å². The van der Waals surface area contributed by atoms with Gasteiger partial charge in [0.2, 0.25) is 5.91 Å². The molecule has 0 aliphatic heterocycles. The Morgan fingerprint density at radius 1 is 1.00 bits per heavy atom. The Hall–Kier alpha value is -0.300. The van der Waals surface area contributed by atoms with Crippen LogP contribution in [0.3, 0.4) is 0 Å². The number of rotatable bonds is 6. The second-order valence-corrected chi connectivity index (χ2v) is 7.78. The molecule has 0 saturated carbocycles. The monoisotopic (exact) mass is 705 g/mol. The quantitative estimate of drug-likeness (QED) is 0.239. The van der Waals surface area contributed by atoms with Gasteiger partial charge in [-0.2, -0.15) is 0 Å². The molecule has 0 heterocycles. The maximum absolute atomic E-state index is 12.2. The van der Waals surface area contributed by atoms with Gasteiger partial charge in [-0.3, -0.25) is 9.59 Å². The Morgan fingerprint density at radius 2 is 1.50 bits per heavy atom. The number of carboxylic acids is 1. The molecule has 1 rings (SSSR count).